The van der Waals surface area contributed by atoms with Crippen molar-refractivity contribution in [1.82, 2.24) is 30.4 Å². The molecule has 9 heteroatoms. The van der Waals surface area contributed by atoms with Gasteiger partial charge in [-0.1, -0.05) is 12.1 Å². The molecule has 0 aliphatic heterocycles. The van der Waals surface area contributed by atoms with E-state index < -0.39 is 5.60 Å². The zero-order chi connectivity index (χ0) is 20.0. The molecule has 8 nitrogen and oxygen atoms in total. The molecule has 0 radical (unpaired) electrons. The average molecular weight is 511 g/mol. The minimum Gasteiger partial charge on any atom is -0.383 e. The molecule has 4 N–H and O–H groups in total. The SMILES string of the molecule is CCNC(=NCC(C)(O)c1cnn(C)c1)NCCCc1nc2ccccc2[nH]1.I. The first kappa shape index (κ1) is 23.1. The van der Waals surface area contributed by atoms with Crippen LogP contribution in [0.1, 0.15) is 31.7 Å². The summed E-state index contributed by atoms with van der Waals surface area (Å²) in [4.78, 5) is 12.5. The van der Waals surface area contributed by atoms with Crippen molar-refractivity contribution in [3.63, 3.8) is 0 Å². The molecule has 2 heterocycles. The van der Waals surface area contributed by atoms with E-state index >= 15 is 0 Å². The molecule has 3 rings (SSSR count). The molecule has 0 aliphatic carbocycles. The van der Waals surface area contributed by atoms with Gasteiger partial charge in [0.05, 0.1) is 23.8 Å². The Hall–Kier alpha value is -2.14. The number of aromatic amines is 1. The summed E-state index contributed by atoms with van der Waals surface area (Å²) in [5.74, 6) is 1.68. The molecule has 1 atom stereocenters. The van der Waals surface area contributed by atoms with Crippen molar-refractivity contribution in [3.8, 4) is 0 Å². The van der Waals surface area contributed by atoms with E-state index in [-0.39, 0.29) is 30.5 Å². The molecular formula is C20H30IN7O. The van der Waals surface area contributed by atoms with Crippen LogP contribution < -0.4 is 10.6 Å². The summed E-state index contributed by atoms with van der Waals surface area (Å²) < 4.78 is 1.68. The number of imidazole rings is 1. The number of aliphatic hydroxyl groups is 1. The molecule has 0 bridgehead atoms. The molecular weight excluding hydrogens is 481 g/mol. The van der Waals surface area contributed by atoms with E-state index in [1.165, 1.54) is 0 Å². The number of nitrogens with zero attached hydrogens (tertiary/aromatic N) is 4. The number of benzene rings is 1. The van der Waals surface area contributed by atoms with Gasteiger partial charge in [0.1, 0.15) is 11.4 Å². The number of aromatic nitrogens is 4. The number of fused-ring (bicyclic) bond motifs is 1. The van der Waals surface area contributed by atoms with E-state index in [1.54, 1.807) is 17.8 Å². The molecule has 0 spiro atoms. The number of halogens is 1. The van der Waals surface area contributed by atoms with Crippen molar-refractivity contribution in [3.05, 3.63) is 48.0 Å². The lowest BCUT2D eigenvalue weighted by molar-refractivity contribution is 0.0672. The van der Waals surface area contributed by atoms with Crippen LogP contribution in [0.4, 0.5) is 0 Å². The van der Waals surface area contributed by atoms with Crippen molar-refractivity contribution in [2.24, 2.45) is 12.0 Å². The number of rotatable bonds is 8. The van der Waals surface area contributed by atoms with Gasteiger partial charge in [-0.05, 0) is 32.4 Å². The van der Waals surface area contributed by atoms with E-state index in [2.05, 4.69) is 30.7 Å². The minimum absolute atomic E-state index is 0. The first-order valence-electron chi connectivity index (χ1n) is 9.65. The quantitative estimate of drug-likeness (QED) is 0.161. The van der Waals surface area contributed by atoms with Crippen LogP contribution in [-0.4, -0.2) is 50.4 Å². The van der Waals surface area contributed by atoms with Gasteiger partial charge in [0.15, 0.2) is 5.96 Å². The Morgan fingerprint density at radius 2 is 2.10 bits per heavy atom. The maximum absolute atomic E-state index is 10.7. The van der Waals surface area contributed by atoms with Gasteiger partial charge in [-0.3, -0.25) is 4.68 Å². The summed E-state index contributed by atoms with van der Waals surface area (Å²) in [5.41, 5.74) is 1.75. The topological polar surface area (TPSA) is 103 Å². The number of guanidine groups is 1. The summed E-state index contributed by atoms with van der Waals surface area (Å²) in [6.45, 7) is 5.53. The number of nitrogens with one attached hydrogen (secondary N) is 3. The van der Waals surface area contributed by atoms with Crippen LogP contribution in [0.15, 0.2) is 41.7 Å². The van der Waals surface area contributed by atoms with Gasteiger partial charge in [0.2, 0.25) is 0 Å². The summed E-state index contributed by atoms with van der Waals surface area (Å²) in [5, 5.41) is 21.3. The Labute approximate surface area is 188 Å². The third-order valence-electron chi connectivity index (χ3n) is 4.54. The molecule has 0 aliphatic rings. The normalized spacial score (nSPS) is 13.7. The number of aryl methyl sites for hydroxylation is 2. The Bertz CT molecular complexity index is 899. The van der Waals surface area contributed by atoms with E-state index in [0.717, 1.165) is 48.4 Å². The molecule has 0 amide bonds. The Morgan fingerprint density at radius 3 is 2.79 bits per heavy atom. The fourth-order valence-electron chi connectivity index (χ4n) is 2.95. The fourth-order valence-corrected chi connectivity index (χ4v) is 2.95. The van der Waals surface area contributed by atoms with Crippen LogP contribution in [0.2, 0.25) is 0 Å². The third-order valence-corrected chi connectivity index (χ3v) is 4.54. The number of hydrogen-bond donors (Lipinski definition) is 4. The lowest BCUT2D eigenvalue weighted by Crippen LogP contribution is -2.39. The first-order chi connectivity index (χ1) is 13.5. The predicted octanol–water partition coefficient (Wildman–Crippen LogP) is 2.31. The molecule has 158 valence electrons. The Kier molecular flexibility index (Phi) is 8.45. The van der Waals surface area contributed by atoms with Crippen LogP contribution >= 0.6 is 24.0 Å². The third kappa shape index (κ3) is 6.43. The van der Waals surface area contributed by atoms with E-state index in [1.807, 2.05) is 44.4 Å². The van der Waals surface area contributed by atoms with Crippen molar-refractivity contribution in [1.29, 1.82) is 0 Å². The highest BCUT2D eigenvalue weighted by molar-refractivity contribution is 14.0. The van der Waals surface area contributed by atoms with Crippen LogP contribution in [-0.2, 0) is 19.1 Å². The number of para-hydroxylation sites is 2. The van der Waals surface area contributed by atoms with Gasteiger partial charge in [0, 0.05) is 38.3 Å². The number of aliphatic imine (C=N–C) groups is 1. The first-order valence-corrected chi connectivity index (χ1v) is 9.65. The van der Waals surface area contributed by atoms with Crippen molar-refractivity contribution in [2.75, 3.05) is 19.6 Å². The molecule has 1 aromatic carbocycles. The van der Waals surface area contributed by atoms with E-state index in [4.69, 9.17) is 0 Å². The van der Waals surface area contributed by atoms with E-state index in [9.17, 15) is 5.11 Å². The highest BCUT2D eigenvalue weighted by atomic mass is 127. The monoisotopic (exact) mass is 511 g/mol. The van der Waals surface area contributed by atoms with Gasteiger partial charge in [0.25, 0.3) is 0 Å². The van der Waals surface area contributed by atoms with Gasteiger partial charge in [-0.2, -0.15) is 5.10 Å². The van der Waals surface area contributed by atoms with Crippen LogP contribution in [0.25, 0.3) is 11.0 Å². The van der Waals surface area contributed by atoms with Crippen molar-refractivity contribution < 1.29 is 5.11 Å². The second-order valence-corrected chi connectivity index (χ2v) is 7.10. The number of H-pyrrole nitrogens is 1. The fraction of sp³-hybridized carbons (Fsp3) is 0.450. The second kappa shape index (κ2) is 10.6. The van der Waals surface area contributed by atoms with Crippen LogP contribution in [0, 0.1) is 0 Å². The smallest absolute Gasteiger partial charge is 0.191 e. The van der Waals surface area contributed by atoms with Crippen molar-refractivity contribution >= 4 is 41.0 Å². The maximum Gasteiger partial charge on any atom is 0.191 e. The zero-order valence-corrected chi connectivity index (χ0v) is 19.5. The standard InChI is InChI=1S/C20H29N7O.HI/c1-4-21-19(23-14-20(2,28)15-12-24-27(3)13-15)22-11-7-10-18-25-16-8-5-6-9-17(16)26-18;/h5-6,8-9,12-13,28H,4,7,10-11,14H2,1-3H3,(H,25,26)(H2,21,22,23);1H. The highest BCUT2D eigenvalue weighted by Gasteiger charge is 2.24. The van der Waals surface area contributed by atoms with Gasteiger partial charge < -0.3 is 20.7 Å². The predicted molar refractivity (Wildman–Crippen MR) is 127 cm³/mol. The maximum atomic E-state index is 10.7. The largest absolute Gasteiger partial charge is 0.383 e. The Balaban J connectivity index is 0.00000300. The molecule has 0 fully saturated rings. The van der Waals surface area contributed by atoms with Gasteiger partial charge >= 0.3 is 0 Å². The molecule has 2 aromatic heterocycles. The second-order valence-electron chi connectivity index (χ2n) is 7.10. The highest BCUT2D eigenvalue weighted by Crippen LogP contribution is 2.19. The van der Waals surface area contributed by atoms with Gasteiger partial charge in [-0.25, -0.2) is 9.98 Å². The van der Waals surface area contributed by atoms with Crippen LogP contribution in [0.3, 0.4) is 0 Å². The molecule has 29 heavy (non-hydrogen) atoms. The molecule has 1 unspecified atom stereocenters. The van der Waals surface area contributed by atoms with Crippen LogP contribution in [0.5, 0.6) is 0 Å². The molecule has 0 saturated heterocycles. The number of hydrogen-bond acceptors (Lipinski definition) is 4. The van der Waals surface area contributed by atoms with Gasteiger partial charge in [-0.15, -0.1) is 24.0 Å². The van der Waals surface area contributed by atoms with E-state index in [0.29, 0.717) is 5.96 Å². The summed E-state index contributed by atoms with van der Waals surface area (Å²) >= 11 is 0. The Morgan fingerprint density at radius 1 is 1.31 bits per heavy atom. The lowest BCUT2D eigenvalue weighted by atomic mass is 10.0. The minimum atomic E-state index is -1.06. The summed E-state index contributed by atoms with van der Waals surface area (Å²) in [6.07, 6.45) is 5.25. The lowest BCUT2D eigenvalue weighted by Gasteiger charge is -2.20. The average Bonchev–Trinajstić information content (AvgIpc) is 3.29. The molecule has 3 aromatic rings. The zero-order valence-electron chi connectivity index (χ0n) is 17.1. The molecule has 0 saturated carbocycles. The van der Waals surface area contributed by atoms with Crippen molar-refractivity contribution in [2.45, 2.75) is 32.3 Å². The summed E-state index contributed by atoms with van der Waals surface area (Å²) in [6, 6.07) is 8.05. The summed E-state index contributed by atoms with van der Waals surface area (Å²) in [7, 11) is 1.83.